The number of rotatable bonds is 6. The van der Waals surface area contributed by atoms with E-state index in [1.54, 1.807) is 0 Å². The lowest BCUT2D eigenvalue weighted by Crippen LogP contribution is -2.55. The summed E-state index contributed by atoms with van der Waals surface area (Å²) in [4.78, 5) is 27.5. The molecule has 11 unspecified atom stereocenters. The Kier molecular flexibility index (Phi) is 8.00. The van der Waals surface area contributed by atoms with Gasteiger partial charge in [-0.2, -0.15) is 0 Å². The fourth-order valence-corrected chi connectivity index (χ4v) is 12.1. The standard InChI is InChI=1S/C37H58O6/c1-24-14-26-10-6-13-36(16-24,20-26)33(39)41-23-31-30(22-40-32(38)35(4)18-27-8-5-9-28(15-27)19-35)42-37(43-31)25(2)17-34(3)12-7-11-29(37)21-34/h24-31H,5-23H2,1-4H3. The quantitative estimate of drug-likeness (QED) is 0.289. The Balaban J connectivity index is 1.06. The van der Waals surface area contributed by atoms with E-state index in [0.29, 0.717) is 35.0 Å². The maximum atomic E-state index is 13.8. The van der Waals surface area contributed by atoms with Crippen molar-refractivity contribution in [3.05, 3.63) is 0 Å². The number of hydrogen-bond donors (Lipinski definition) is 0. The molecular formula is C37H58O6. The van der Waals surface area contributed by atoms with Crippen molar-refractivity contribution in [2.45, 2.75) is 155 Å². The molecule has 11 atom stereocenters. The molecule has 6 saturated carbocycles. The van der Waals surface area contributed by atoms with Gasteiger partial charge in [-0.1, -0.05) is 59.3 Å². The molecule has 6 heteroatoms. The van der Waals surface area contributed by atoms with Gasteiger partial charge in [0.05, 0.1) is 10.8 Å². The van der Waals surface area contributed by atoms with Gasteiger partial charge in [-0.3, -0.25) is 9.59 Å². The highest BCUT2D eigenvalue weighted by Gasteiger charge is 2.61. The Hall–Kier alpha value is -1.14. The van der Waals surface area contributed by atoms with Crippen LogP contribution in [0.25, 0.3) is 0 Å². The van der Waals surface area contributed by atoms with Crippen LogP contribution in [-0.2, 0) is 28.5 Å². The summed E-state index contributed by atoms with van der Waals surface area (Å²) < 4.78 is 26.3. The highest BCUT2D eigenvalue weighted by molar-refractivity contribution is 5.77. The van der Waals surface area contributed by atoms with Crippen molar-refractivity contribution in [3.8, 4) is 0 Å². The molecule has 1 aliphatic heterocycles. The molecule has 242 valence electrons. The zero-order chi connectivity index (χ0) is 30.0. The lowest BCUT2D eigenvalue weighted by molar-refractivity contribution is -0.281. The zero-order valence-electron chi connectivity index (χ0n) is 27.5. The summed E-state index contributed by atoms with van der Waals surface area (Å²) in [7, 11) is 0. The first-order valence-electron chi connectivity index (χ1n) is 18.2. The molecule has 7 fully saturated rings. The van der Waals surface area contributed by atoms with Crippen LogP contribution in [0.1, 0.15) is 137 Å². The lowest BCUT2D eigenvalue weighted by Gasteiger charge is -2.54. The van der Waals surface area contributed by atoms with E-state index in [9.17, 15) is 9.59 Å². The summed E-state index contributed by atoms with van der Waals surface area (Å²) >= 11 is 0. The number of carbonyl (C=O) groups is 2. The van der Waals surface area contributed by atoms with Gasteiger partial charge in [-0.05, 0) is 107 Å². The van der Waals surface area contributed by atoms with Crippen LogP contribution in [0.2, 0.25) is 0 Å². The van der Waals surface area contributed by atoms with Gasteiger partial charge >= 0.3 is 11.9 Å². The molecule has 0 radical (unpaired) electrons. The van der Waals surface area contributed by atoms with Gasteiger partial charge in [0.25, 0.3) is 0 Å². The van der Waals surface area contributed by atoms with E-state index in [1.165, 1.54) is 51.4 Å². The Morgan fingerprint density at radius 1 is 0.698 bits per heavy atom. The third kappa shape index (κ3) is 5.61. The van der Waals surface area contributed by atoms with Gasteiger partial charge in [0.15, 0.2) is 5.79 Å². The first kappa shape index (κ1) is 30.5. The Bertz CT molecular complexity index is 1050. The molecule has 1 spiro atoms. The van der Waals surface area contributed by atoms with Gasteiger partial charge in [-0.15, -0.1) is 0 Å². The minimum atomic E-state index is -0.687. The molecule has 7 rings (SSSR count). The van der Waals surface area contributed by atoms with Crippen molar-refractivity contribution >= 4 is 11.9 Å². The molecule has 0 amide bonds. The van der Waals surface area contributed by atoms with E-state index in [2.05, 4.69) is 27.7 Å². The third-order valence-electron chi connectivity index (χ3n) is 13.7. The maximum Gasteiger partial charge on any atom is 0.312 e. The summed E-state index contributed by atoms with van der Waals surface area (Å²) in [5.74, 6) is 2.28. The summed E-state index contributed by atoms with van der Waals surface area (Å²) in [6.07, 6.45) is 18.3. The average molecular weight is 599 g/mol. The van der Waals surface area contributed by atoms with Crippen molar-refractivity contribution in [1.82, 2.24) is 0 Å². The molecule has 6 bridgehead atoms. The van der Waals surface area contributed by atoms with Crippen molar-refractivity contribution in [2.24, 2.45) is 51.8 Å². The fourth-order valence-electron chi connectivity index (χ4n) is 12.1. The van der Waals surface area contributed by atoms with Gasteiger partial charge in [0.2, 0.25) is 0 Å². The molecule has 0 aromatic rings. The van der Waals surface area contributed by atoms with Gasteiger partial charge in [-0.25, -0.2) is 0 Å². The Morgan fingerprint density at radius 2 is 1.33 bits per heavy atom. The highest BCUT2D eigenvalue weighted by atomic mass is 16.8. The van der Waals surface area contributed by atoms with Crippen LogP contribution in [0.3, 0.4) is 0 Å². The van der Waals surface area contributed by atoms with Crippen molar-refractivity contribution in [2.75, 3.05) is 13.2 Å². The molecule has 43 heavy (non-hydrogen) atoms. The van der Waals surface area contributed by atoms with Gasteiger partial charge in [0.1, 0.15) is 25.4 Å². The van der Waals surface area contributed by atoms with E-state index in [4.69, 9.17) is 18.9 Å². The number of hydrogen-bond acceptors (Lipinski definition) is 6. The smallest absolute Gasteiger partial charge is 0.312 e. The average Bonchev–Trinajstić information content (AvgIpc) is 3.33. The highest BCUT2D eigenvalue weighted by Crippen LogP contribution is 2.59. The van der Waals surface area contributed by atoms with Crippen molar-refractivity contribution in [3.63, 3.8) is 0 Å². The number of ether oxygens (including phenoxy) is 4. The summed E-state index contributed by atoms with van der Waals surface area (Å²) in [5.41, 5.74) is -0.406. The van der Waals surface area contributed by atoms with Crippen LogP contribution in [0, 0.1) is 51.8 Å². The number of esters is 2. The minimum absolute atomic E-state index is 0.0350. The maximum absolute atomic E-state index is 13.8. The predicted octanol–water partition coefficient (Wildman–Crippen LogP) is 8.00. The minimum Gasteiger partial charge on any atom is -0.462 e. The van der Waals surface area contributed by atoms with Crippen LogP contribution in [0.5, 0.6) is 0 Å². The van der Waals surface area contributed by atoms with E-state index < -0.39 is 23.4 Å². The Labute approximate surface area is 260 Å². The van der Waals surface area contributed by atoms with Gasteiger partial charge < -0.3 is 18.9 Å². The summed E-state index contributed by atoms with van der Waals surface area (Å²) in [6, 6.07) is 0. The van der Waals surface area contributed by atoms with E-state index in [1.807, 2.05) is 0 Å². The zero-order valence-corrected chi connectivity index (χ0v) is 27.5. The molecular weight excluding hydrogens is 540 g/mol. The van der Waals surface area contributed by atoms with Crippen LogP contribution < -0.4 is 0 Å². The largest absolute Gasteiger partial charge is 0.462 e. The number of fused-ring (bicyclic) bond motifs is 7. The van der Waals surface area contributed by atoms with Crippen molar-refractivity contribution < 1.29 is 28.5 Å². The Morgan fingerprint density at radius 3 is 2.05 bits per heavy atom. The topological polar surface area (TPSA) is 71.1 Å². The second-order valence-corrected chi connectivity index (χ2v) is 17.6. The van der Waals surface area contributed by atoms with E-state index >= 15 is 0 Å². The molecule has 1 saturated heterocycles. The SMILES string of the molecule is CC1CC2CCCC(C(=O)OCC3OC4(OC3COC(=O)C3(C)CC5CCCC(C5)C3)C(C)CC3(C)CCCC4C3)(C1)C2. The van der Waals surface area contributed by atoms with E-state index in [0.717, 1.165) is 57.8 Å². The van der Waals surface area contributed by atoms with Crippen LogP contribution in [0.4, 0.5) is 0 Å². The van der Waals surface area contributed by atoms with Gasteiger partial charge in [0, 0.05) is 11.8 Å². The third-order valence-corrected chi connectivity index (χ3v) is 13.7. The summed E-state index contributed by atoms with van der Waals surface area (Å²) in [5, 5.41) is 0. The van der Waals surface area contributed by atoms with E-state index in [-0.39, 0.29) is 36.5 Å². The molecule has 1 heterocycles. The first-order valence-corrected chi connectivity index (χ1v) is 18.2. The molecule has 0 aromatic carbocycles. The monoisotopic (exact) mass is 598 g/mol. The second kappa shape index (κ2) is 11.3. The lowest BCUT2D eigenvalue weighted by atomic mass is 9.57. The first-order chi connectivity index (χ1) is 20.5. The predicted molar refractivity (Wildman–Crippen MR) is 164 cm³/mol. The molecule has 7 aliphatic rings. The molecule has 6 aliphatic carbocycles. The van der Waals surface area contributed by atoms with Crippen LogP contribution in [0.15, 0.2) is 0 Å². The molecule has 0 aromatic heterocycles. The normalized spacial score (nSPS) is 50.7. The molecule has 6 nitrogen and oxygen atoms in total. The van der Waals surface area contributed by atoms with Crippen molar-refractivity contribution in [1.29, 1.82) is 0 Å². The second-order valence-electron chi connectivity index (χ2n) is 17.6. The number of carbonyl (C=O) groups excluding carboxylic acids is 2. The fraction of sp³-hybridized carbons (Fsp3) is 0.946. The molecule has 0 N–H and O–H groups in total. The van der Waals surface area contributed by atoms with Crippen LogP contribution in [-0.4, -0.2) is 43.1 Å². The van der Waals surface area contributed by atoms with Crippen LogP contribution >= 0.6 is 0 Å². The summed E-state index contributed by atoms with van der Waals surface area (Å²) in [6.45, 7) is 9.48.